The lowest BCUT2D eigenvalue weighted by Crippen LogP contribution is -2.08. The van der Waals surface area contributed by atoms with Gasteiger partial charge in [-0.1, -0.05) is 0 Å². The molecular formula is C8H3BrF3N3O. The maximum absolute atomic E-state index is 12.2. The summed E-state index contributed by atoms with van der Waals surface area (Å²) in [6.45, 7) is 0. The predicted octanol–water partition coefficient (Wildman–Crippen LogP) is 2.91. The molecule has 0 N–H and O–H groups in total. The highest BCUT2D eigenvalue weighted by molar-refractivity contribution is 9.10. The molecule has 0 saturated heterocycles. The van der Waals surface area contributed by atoms with Crippen LogP contribution in [0.2, 0.25) is 0 Å². The van der Waals surface area contributed by atoms with Crippen molar-refractivity contribution in [2.24, 2.45) is 0 Å². The van der Waals surface area contributed by atoms with Crippen molar-refractivity contribution < 1.29 is 17.6 Å². The number of alkyl halides is 3. The van der Waals surface area contributed by atoms with E-state index in [1.165, 1.54) is 6.20 Å². The van der Waals surface area contributed by atoms with Crippen LogP contribution in [-0.2, 0) is 6.18 Å². The Hall–Kier alpha value is -1.44. The van der Waals surface area contributed by atoms with Crippen molar-refractivity contribution in [1.82, 2.24) is 15.0 Å². The molecule has 8 heteroatoms. The lowest BCUT2D eigenvalue weighted by atomic mass is 10.3. The molecule has 0 aliphatic rings. The minimum Gasteiger partial charge on any atom is -0.429 e. The number of nitrogens with zero attached hydrogens (tertiary/aromatic N) is 3. The first-order valence-corrected chi connectivity index (χ1v) is 4.77. The standard InChI is InChI=1S/C8H3BrF3N3O/c9-7-15-2-5(16-7)4-1-14-6(3-13-4)8(10,11)12/h1-3H. The molecule has 0 aromatic carbocycles. The highest BCUT2D eigenvalue weighted by atomic mass is 79.9. The van der Waals surface area contributed by atoms with Crippen molar-refractivity contribution in [2.75, 3.05) is 0 Å². The average Bonchev–Trinajstić information content (AvgIpc) is 2.64. The van der Waals surface area contributed by atoms with Crippen LogP contribution in [0.3, 0.4) is 0 Å². The normalized spacial score (nSPS) is 11.8. The maximum Gasteiger partial charge on any atom is 0.434 e. The van der Waals surface area contributed by atoms with E-state index in [1.54, 1.807) is 0 Å². The third kappa shape index (κ3) is 2.21. The molecule has 16 heavy (non-hydrogen) atoms. The van der Waals surface area contributed by atoms with E-state index in [0.717, 1.165) is 6.20 Å². The van der Waals surface area contributed by atoms with E-state index in [9.17, 15) is 13.2 Å². The van der Waals surface area contributed by atoms with Gasteiger partial charge in [-0.2, -0.15) is 13.2 Å². The van der Waals surface area contributed by atoms with Gasteiger partial charge in [0, 0.05) is 15.9 Å². The molecule has 2 aromatic rings. The molecule has 0 unspecified atom stereocenters. The van der Waals surface area contributed by atoms with Gasteiger partial charge in [0.2, 0.25) is 0 Å². The highest BCUT2D eigenvalue weighted by Crippen LogP contribution is 2.28. The number of aromatic nitrogens is 3. The van der Waals surface area contributed by atoms with Gasteiger partial charge in [-0.3, -0.25) is 0 Å². The number of halogens is 4. The predicted molar refractivity (Wildman–Crippen MR) is 50.2 cm³/mol. The van der Waals surface area contributed by atoms with Gasteiger partial charge in [0.25, 0.3) is 4.80 Å². The topological polar surface area (TPSA) is 51.8 Å². The van der Waals surface area contributed by atoms with Gasteiger partial charge >= 0.3 is 6.18 Å². The van der Waals surface area contributed by atoms with E-state index >= 15 is 0 Å². The number of hydrogen-bond acceptors (Lipinski definition) is 4. The van der Waals surface area contributed by atoms with Gasteiger partial charge in [-0.05, 0) is 0 Å². The number of oxazole rings is 1. The zero-order valence-corrected chi connectivity index (χ0v) is 9.08. The van der Waals surface area contributed by atoms with Crippen LogP contribution in [0, 0.1) is 0 Å². The van der Waals surface area contributed by atoms with Crippen LogP contribution in [0.5, 0.6) is 0 Å². The molecule has 0 saturated carbocycles. The second kappa shape index (κ2) is 3.85. The molecule has 0 amide bonds. The van der Waals surface area contributed by atoms with Gasteiger partial charge < -0.3 is 4.42 Å². The molecular weight excluding hydrogens is 291 g/mol. The van der Waals surface area contributed by atoms with Crippen molar-refractivity contribution in [1.29, 1.82) is 0 Å². The van der Waals surface area contributed by atoms with Crippen LogP contribution in [-0.4, -0.2) is 15.0 Å². The Morgan fingerprint density at radius 1 is 1.06 bits per heavy atom. The summed E-state index contributed by atoms with van der Waals surface area (Å²) in [6, 6.07) is 0. The smallest absolute Gasteiger partial charge is 0.429 e. The van der Waals surface area contributed by atoms with Crippen LogP contribution in [0.15, 0.2) is 27.8 Å². The molecule has 2 heterocycles. The molecule has 0 aliphatic heterocycles. The summed E-state index contributed by atoms with van der Waals surface area (Å²) >= 11 is 2.97. The van der Waals surface area contributed by atoms with Crippen molar-refractivity contribution in [3.8, 4) is 11.5 Å². The lowest BCUT2D eigenvalue weighted by molar-refractivity contribution is -0.141. The molecule has 2 rings (SSSR count). The number of rotatable bonds is 1. The first-order valence-electron chi connectivity index (χ1n) is 3.98. The molecule has 84 valence electrons. The monoisotopic (exact) mass is 293 g/mol. The van der Waals surface area contributed by atoms with Gasteiger partial charge in [0.05, 0.1) is 18.6 Å². The van der Waals surface area contributed by atoms with Gasteiger partial charge in [0.1, 0.15) is 5.69 Å². The second-order valence-corrected chi connectivity index (χ2v) is 3.44. The Bertz CT molecular complexity index is 494. The third-order valence-corrected chi connectivity index (χ3v) is 2.04. The molecule has 0 spiro atoms. The van der Waals surface area contributed by atoms with E-state index in [2.05, 4.69) is 30.9 Å². The lowest BCUT2D eigenvalue weighted by Gasteiger charge is -2.04. The Balaban J connectivity index is 2.33. The zero-order valence-electron chi connectivity index (χ0n) is 7.49. The number of hydrogen-bond donors (Lipinski definition) is 0. The summed E-state index contributed by atoms with van der Waals surface area (Å²) in [7, 11) is 0. The van der Waals surface area contributed by atoms with Crippen molar-refractivity contribution in [3.63, 3.8) is 0 Å². The quantitative estimate of drug-likeness (QED) is 0.811. The Labute approximate surface area is 95.7 Å². The van der Waals surface area contributed by atoms with Crippen LogP contribution >= 0.6 is 15.9 Å². The largest absolute Gasteiger partial charge is 0.434 e. The van der Waals surface area contributed by atoms with Crippen LogP contribution < -0.4 is 0 Å². The highest BCUT2D eigenvalue weighted by Gasteiger charge is 2.32. The minimum absolute atomic E-state index is 0.186. The second-order valence-electron chi connectivity index (χ2n) is 2.76. The Morgan fingerprint density at radius 2 is 1.81 bits per heavy atom. The van der Waals surface area contributed by atoms with E-state index < -0.39 is 11.9 Å². The van der Waals surface area contributed by atoms with Crippen molar-refractivity contribution >= 4 is 15.9 Å². The molecule has 0 fully saturated rings. The molecule has 2 aromatic heterocycles. The van der Waals surface area contributed by atoms with Gasteiger partial charge in [0.15, 0.2) is 11.5 Å². The van der Waals surface area contributed by atoms with E-state index in [-0.39, 0.29) is 16.3 Å². The summed E-state index contributed by atoms with van der Waals surface area (Å²) < 4.78 is 41.6. The maximum atomic E-state index is 12.2. The molecule has 0 aliphatic carbocycles. The van der Waals surface area contributed by atoms with Gasteiger partial charge in [-0.15, -0.1) is 0 Å². The first-order chi connectivity index (χ1) is 7.47. The van der Waals surface area contributed by atoms with E-state index in [1.807, 2.05) is 0 Å². The fourth-order valence-electron chi connectivity index (χ4n) is 0.973. The minimum atomic E-state index is -4.49. The van der Waals surface area contributed by atoms with E-state index in [0.29, 0.717) is 6.20 Å². The average molecular weight is 294 g/mol. The SMILES string of the molecule is FC(F)(F)c1cnc(-c2cnc(Br)o2)cn1. The molecule has 4 nitrogen and oxygen atoms in total. The van der Waals surface area contributed by atoms with Crippen LogP contribution in [0.1, 0.15) is 5.69 Å². The molecule has 0 radical (unpaired) electrons. The van der Waals surface area contributed by atoms with E-state index in [4.69, 9.17) is 4.42 Å². The molecule has 0 atom stereocenters. The van der Waals surface area contributed by atoms with Crippen molar-refractivity contribution in [2.45, 2.75) is 6.18 Å². The summed E-state index contributed by atoms with van der Waals surface area (Å²) in [4.78, 5) is 10.8. The first kappa shape index (κ1) is 11.1. The van der Waals surface area contributed by atoms with Gasteiger partial charge in [-0.25, -0.2) is 15.0 Å². The summed E-state index contributed by atoms with van der Waals surface area (Å²) in [6.07, 6.45) is -1.53. The summed E-state index contributed by atoms with van der Waals surface area (Å²) in [5.74, 6) is 0.244. The summed E-state index contributed by atoms with van der Waals surface area (Å²) in [5.41, 5.74) is -0.860. The summed E-state index contributed by atoms with van der Waals surface area (Å²) in [5, 5.41) is 0. The fraction of sp³-hybridized carbons (Fsp3) is 0.125. The molecule has 0 bridgehead atoms. The van der Waals surface area contributed by atoms with Crippen LogP contribution in [0.4, 0.5) is 13.2 Å². The zero-order chi connectivity index (χ0) is 11.8. The Kier molecular flexibility index (Phi) is 2.66. The fourth-order valence-corrected chi connectivity index (χ4v) is 1.25. The van der Waals surface area contributed by atoms with Crippen LogP contribution in [0.25, 0.3) is 11.5 Å². The third-order valence-electron chi connectivity index (χ3n) is 1.67. The van der Waals surface area contributed by atoms with Crippen molar-refractivity contribution in [3.05, 3.63) is 29.1 Å². The Morgan fingerprint density at radius 3 is 2.25 bits per heavy atom.